The summed E-state index contributed by atoms with van der Waals surface area (Å²) in [6.45, 7) is 0. The highest BCUT2D eigenvalue weighted by Gasteiger charge is 2.24. The lowest BCUT2D eigenvalue weighted by Crippen LogP contribution is -2.03. The fourth-order valence-corrected chi connectivity index (χ4v) is 0.501. The highest BCUT2D eigenvalue weighted by atomic mass is 31.1. The minimum atomic E-state index is -4.30. The highest BCUT2D eigenvalue weighted by Crippen LogP contribution is 2.21. The Kier molecular flexibility index (Phi) is 4.22. The third-order valence-corrected chi connectivity index (χ3v) is 0.952. The van der Waals surface area contributed by atoms with Gasteiger partial charge in [-0.2, -0.15) is 13.2 Å². The predicted molar refractivity (Wildman–Crippen MR) is 32.1 cm³/mol. The van der Waals surface area contributed by atoms with Crippen molar-refractivity contribution >= 4 is 8.25 Å². The third-order valence-electron chi connectivity index (χ3n) is 0.614. The number of allylic oxidation sites excluding steroid dienone is 1. The molecule has 1 unspecified atom stereocenters. The lowest BCUT2D eigenvalue weighted by Gasteiger charge is -1.99. The van der Waals surface area contributed by atoms with Crippen LogP contribution in [0.2, 0.25) is 0 Å². The molecule has 0 aromatic carbocycles. The Bertz CT molecular complexity index is 164. The molecule has 3 nitrogen and oxygen atoms in total. The second-order valence-electron chi connectivity index (χ2n) is 1.57. The first-order chi connectivity index (χ1) is 4.92. The Morgan fingerprint density at radius 3 is 2.45 bits per heavy atom. The molecule has 0 amide bonds. The third kappa shape index (κ3) is 9.52. The molecule has 0 fully saturated rings. The molecule has 0 bridgehead atoms. The molecule has 7 heteroatoms. The smallest absolute Gasteiger partial charge is 0.392 e. The summed E-state index contributed by atoms with van der Waals surface area (Å²) in [6.07, 6.45) is -4.28. The Balaban J connectivity index is 3.53. The summed E-state index contributed by atoms with van der Waals surface area (Å²) in [5.74, 6) is 0. The number of rotatable bonds is 3. The average Bonchev–Trinajstić information content (AvgIpc) is 1.78. The summed E-state index contributed by atoms with van der Waals surface area (Å²) in [6, 6.07) is 0. The van der Waals surface area contributed by atoms with Crippen molar-refractivity contribution in [3.05, 3.63) is 12.3 Å². The van der Waals surface area contributed by atoms with Crippen LogP contribution in [0.1, 0.15) is 6.42 Å². The molecule has 0 aliphatic heterocycles. The first-order valence-corrected chi connectivity index (χ1v) is 3.79. The van der Waals surface area contributed by atoms with Gasteiger partial charge in [-0.1, -0.05) is 0 Å². The van der Waals surface area contributed by atoms with E-state index in [1.807, 2.05) is 0 Å². The number of halogens is 3. The van der Waals surface area contributed by atoms with Gasteiger partial charge in [0.25, 0.3) is 0 Å². The maximum atomic E-state index is 11.3. The Morgan fingerprint density at radius 2 is 2.09 bits per heavy atom. The first kappa shape index (κ1) is 10.5. The molecule has 66 valence electrons. The molecule has 11 heavy (non-hydrogen) atoms. The zero-order valence-corrected chi connectivity index (χ0v) is 6.26. The molecular weight excluding hydrogens is 184 g/mol. The van der Waals surface area contributed by atoms with E-state index >= 15 is 0 Å². The van der Waals surface area contributed by atoms with Crippen molar-refractivity contribution in [2.75, 3.05) is 0 Å². The minimum Gasteiger partial charge on any atom is -0.435 e. The molecule has 1 N–H and O–H groups in total. The van der Waals surface area contributed by atoms with Gasteiger partial charge in [0.05, 0.1) is 12.7 Å². The van der Waals surface area contributed by atoms with E-state index in [9.17, 15) is 17.7 Å². The summed E-state index contributed by atoms with van der Waals surface area (Å²) in [5, 5.41) is 0. The standard InChI is InChI=1S/C4H6F3O3P/c5-4(6,7)2-1-3-10-11(8)9/h1,3,11H,2H2,(H,8,9). The van der Waals surface area contributed by atoms with Crippen molar-refractivity contribution in [2.24, 2.45) is 0 Å². The van der Waals surface area contributed by atoms with Crippen molar-refractivity contribution < 1.29 is 27.2 Å². The molecule has 0 rings (SSSR count). The monoisotopic (exact) mass is 190 g/mol. The van der Waals surface area contributed by atoms with Crippen LogP contribution in [-0.2, 0) is 9.09 Å². The lowest BCUT2D eigenvalue weighted by molar-refractivity contribution is -0.125. The van der Waals surface area contributed by atoms with Crippen molar-refractivity contribution in [3.63, 3.8) is 0 Å². The molecule has 0 radical (unpaired) electrons. The van der Waals surface area contributed by atoms with Gasteiger partial charge in [0.2, 0.25) is 0 Å². The normalized spacial score (nSPS) is 15.3. The van der Waals surface area contributed by atoms with E-state index < -0.39 is 20.9 Å². The van der Waals surface area contributed by atoms with Gasteiger partial charge in [-0.15, -0.1) is 0 Å². The van der Waals surface area contributed by atoms with Crippen molar-refractivity contribution in [1.82, 2.24) is 0 Å². The predicted octanol–water partition coefficient (Wildman–Crippen LogP) is 1.85. The van der Waals surface area contributed by atoms with Crippen molar-refractivity contribution in [1.29, 1.82) is 0 Å². The summed E-state index contributed by atoms with van der Waals surface area (Å²) < 4.78 is 47.6. The molecule has 1 atom stereocenters. The van der Waals surface area contributed by atoms with Crippen molar-refractivity contribution in [3.8, 4) is 0 Å². The zero-order chi connectivity index (χ0) is 8.91. The molecule has 0 aliphatic carbocycles. The van der Waals surface area contributed by atoms with E-state index in [0.29, 0.717) is 12.3 Å². The first-order valence-electron chi connectivity index (χ1n) is 2.53. The Morgan fingerprint density at radius 1 is 1.55 bits per heavy atom. The van der Waals surface area contributed by atoms with E-state index in [1.54, 1.807) is 0 Å². The van der Waals surface area contributed by atoms with E-state index in [2.05, 4.69) is 4.52 Å². The zero-order valence-electron chi connectivity index (χ0n) is 5.26. The van der Waals surface area contributed by atoms with Gasteiger partial charge in [-0.05, 0) is 6.08 Å². The van der Waals surface area contributed by atoms with Gasteiger partial charge in [0.15, 0.2) is 0 Å². The van der Waals surface area contributed by atoms with E-state index in [0.717, 1.165) is 0 Å². The molecule has 0 aromatic heterocycles. The van der Waals surface area contributed by atoms with Crippen LogP contribution in [0, 0.1) is 0 Å². The summed E-state index contributed by atoms with van der Waals surface area (Å²) in [4.78, 5) is 7.97. The lowest BCUT2D eigenvalue weighted by atomic mass is 10.4. The van der Waals surface area contributed by atoms with Crippen LogP contribution in [-0.4, -0.2) is 11.1 Å². The largest absolute Gasteiger partial charge is 0.435 e. The van der Waals surface area contributed by atoms with E-state index in [-0.39, 0.29) is 0 Å². The van der Waals surface area contributed by atoms with Crippen LogP contribution < -0.4 is 0 Å². The molecule has 0 saturated heterocycles. The summed E-state index contributed by atoms with van der Waals surface area (Å²) in [5.41, 5.74) is 0. The van der Waals surface area contributed by atoms with Crippen LogP contribution in [0.3, 0.4) is 0 Å². The fourth-order valence-electron chi connectivity index (χ4n) is 0.288. The van der Waals surface area contributed by atoms with Crippen LogP contribution in [0.5, 0.6) is 0 Å². The van der Waals surface area contributed by atoms with Gasteiger partial charge < -0.3 is 9.42 Å². The van der Waals surface area contributed by atoms with E-state index in [4.69, 9.17) is 4.89 Å². The molecule has 0 aromatic rings. The maximum absolute atomic E-state index is 11.3. The maximum Gasteiger partial charge on any atom is 0.392 e. The SMILES string of the molecule is O=[PH](O)OC=CCC(F)(F)F. The van der Waals surface area contributed by atoms with Gasteiger partial charge in [-0.25, -0.2) is 4.57 Å². The van der Waals surface area contributed by atoms with E-state index in [1.165, 1.54) is 0 Å². The fraction of sp³-hybridized carbons (Fsp3) is 0.500. The quantitative estimate of drug-likeness (QED) is 0.545. The van der Waals surface area contributed by atoms with Crippen LogP contribution in [0.4, 0.5) is 13.2 Å². The van der Waals surface area contributed by atoms with Gasteiger partial charge in [0, 0.05) is 0 Å². The molecule has 0 aliphatic rings. The summed E-state index contributed by atoms with van der Waals surface area (Å²) in [7, 11) is -3.16. The second-order valence-corrected chi connectivity index (χ2v) is 2.34. The minimum absolute atomic E-state index is 0.564. The molecule has 0 heterocycles. The topological polar surface area (TPSA) is 46.5 Å². The Hall–Kier alpha value is -0.480. The number of alkyl halides is 3. The number of hydrogen-bond donors (Lipinski definition) is 1. The molecule has 0 spiro atoms. The van der Waals surface area contributed by atoms with Crippen LogP contribution in [0.25, 0.3) is 0 Å². The van der Waals surface area contributed by atoms with Gasteiger partial charge >= 0.3 is 14.4 Å². The van der Waals surface area contributed by atoms with Gasteiger partial charge in [0.1, 0.15) is 0 Å². The van der Waals surface area contributed by atoms with Crippen LogP contribution >= 0.6 is 8.25 Å². The highest BCUT2D eigenvalue weighted by molar-refractivity contribution is 7.32. The molecule has 0 saturated carbocycles. The average molecular weight is 190 g/mol. The second kappa shape index (κ2) is 4.41. The molecular formula is C4H6F3O3P. The van der Waals surface area contributed by atoms with Crippen LogP contribution in [0.15, 0.2) is 12.3 Å². The van der Waals surface area contributed by atoms with Crippen molar-refractivity contribution in [2.45, 2.75) is 12.6 Å². The summed E-state index contributed by atoms with van der Waals surface area (Å²) >= 11 is 0. The number of hydrogen-bond acceptors (Lipinski definition) is 2. The van der Waals surface area contributed by atoms with Gasteiger partial charge in [-0.3, -0.25) is 0 Å². The Labute approximate surface area is 61.4 Å².